The van der Waals surface area contributed by atoms with Crippen LogP contribution in [0.4, 0.5) is 8.78 Å². The fourth-order valence-corrected chi connectivity index (χ4v) is 6.88. The summed E-state index contributed by atoms with van der Waals surface area (Å²) >= 11 is 0. The SMILES string of the molecule is C=CC/C=C\N=C(CCC=C)c1ncccc1Cc1cccc(-c2nc(-c3cc(F)cc(F)c3)nc(-c3cccc(C4=CCC(=N/C=C\CC=C)c5ncccc54)c3)n2)c1. The third-order valence-electron chi connectivity index (χ3n) is 9.67. The van der Waals surface area contributed by atoms with Gasteiger partial charge in [-0.15, -0.1) is 19.7 Å². The molecule has 3 aromatic carbocycles. The molecule has 1 aliphatic rings. The van der Waals surface area contributed by atoms with Gasteiger partial charge in [-0.25, -0.2) is 23.7 Å². The second-order valence-electron chi connectivity index (χ2n) is 14.0. The molecule has 3 heterocycles. The zero-order valence-electron chi connectivity index (χ0n) is 33.2. The first-order valence-electron chi connectivity index (χ1n) is 19.7. The lowest BCUT2D eigenvalue weighted by molar-refractivity contribution is 0.584. The average Bonchev–Trinajstić information content (AvgIpc) is 3.27. The van der Waals surface area contributed by atoms with Gasteiger partial charge in [0.2, 0.25) is 0 Å². The standard InChI is InChI=1S/C51H43F2N7/c1-4-7-10-25-54-45(22-9-6-3)47-37(20-14-27-56-47)29-35-16-12-18-38(30-35)49-58-50(60-51(59-49)40-32-41(52)34-42(53)33-40)39-19-13-17-36(31-39)43-23-24-46(55-26-11-8-5-2)48-44(43)21-15-28-57-48/h4-6,10-21,23,25-28,30-34H,1-3,7-9,22,24,29H2/b25-10-,26-11-,54-45?,55-46?. The minimum Gasteiger partial charge on any atom is -0.259 e. The molecule has 0 aliphatic heterocycles. The number of fused-ring (bicyclic) bond motifs is 1. The van der Waals surface area contributed by atoms with Gasteiger partial charge in [0.05, 0.1) is 22.8 Å². The van der Waals surface area contributed by atoms with Crippen molar-refractivity contribution < 1.29 is 8.78 Å². The second-order valence-corrected chi connectivity index (χ2v) is 14.0. The summed E-state index contributed by atoms with van der Waals surface area (Å²) in [7, 11) is 0. The molecular weight excluding hydrogens is 749 g/mol. The molecule has 0 saturated heterocycles. The van der Waals surface area contributed by atoms with Crippen molar-refractivity contribution in [2.75, 3.05) is 0 Å². The smallest absolute Gasteiger partial charge is 0.164 e. The molecule has 296 valence electrons. The van der Waals surface area contributed by atoms with Crippen LogP contribution in [0, 0.1) is 11.6 Å². The molecule has 60 heavy (non-hydrogen) atoms. The van der Waals surface area contributed by atoms with Crippen molar-refractivity contribution in [3.05, 3.63) is 217 Å². The molecule has 0 radical (unpaired) electrons. The topological polar surface area (TPSA) is 89.2 Å². The summed E-state index contributed by atoms with van der Waals surface area (Å²) in [5.41, 5.74) is 9.90. The van der Waals surface area contributed by atoms with Crippen LogP contribution in [-0.2, 0) is 6.42 Å². The van der Waals surface area contributed by atoms with E-state index in [9.17, 15) is 8.78 Å². The molecule has 6 aromatic rings. The first kappa shape index (κ1) is 40.8. The molecule has 0 bridgehead atoms. The Labute approximate surface area is 349 Å². The number of rotatable bonds is 16. The predicted octanol–water partition coefficient (Wildman–Crippen LogP) is 12.1. The van der Waals surface area contributed by atoms with Gasteiger partial charge in [0.1, 0.15) is 11.6 Å². The molecule has 0 atom stereocenters. The third-order valence-corrected chi connectivity index (χ3v) is 9.67. The van der Waals surface area contributed by atoms with Gasteiger partial charge in [-0.1, -0.05) is 85.0 Å². The number of hydrogen-bond donors (Lipinski definition) is 0. The number of benzene rings is 3. The van der Waals surface area contributed by atoms with Gasteiger partial charge in [-0.05, 0) is 90.8 Å². The van der Waals surface area contributed by atoms with Gasteiger partial charge in [0.25, 0.3) is 0 Å². The summed E-state index contributed by atoms with van der Waals surface area (Å²) in [4.78, 5) is 33.5. The van der Waals surface area contributed by atoms with E-state index in [1.54, 1.807) is 24.8 Å². The van der Waals surface area contributed by atoms with Crippen LogP contribution in [0.1, 0.15) is 65.7 Å². The van der Waals surface area contributed by atoms with Gasteiger partial charge in [0.15, 0.2) is 17.5 Å². The van der Waals surface area contributed by atoms with E-state index in [4.69, 9.17) is 34.9 Å². The fraction of sp³-hybridized carbons (Fsp3) is 0.118. The van der Waals surface area contributed by atoms with E-state index in [0.29, 0.717) is 42.0 Å². The van der Waals surface area contributed by atoms with Crippen molar-refractivity contribution in [1.29, 1.82) is 0 Å². The maximum absolute atomic E-state index is 14.6. The summed E-state index contributed by atoms with van der Waals surface area (Å²) in [5, 5.41) is 0. The number of halogens is 2. The molecule has 3 aromatic heterocycles. The van der Waals surface area contributed by atoms with Crippen molar-refractivity contribution in [3.8, 4) is 34.2 Å². The molecule has 0 fully saturated rings. The Kier molecular flexibility index (Phi) is 13.5. The maximum Gasteiger partial charge on any atom is 0.164 e. The van der Waals surface area contributed by atoms with Crippen molar-refractivity contribution in [3.63, 3.8) is 0 Å². The van der Waals surface area contributed by atoms with Crippen LogP contribution in [0.5, 0.6) is 0 Å². The van der Waals surface area contributed by atoms with Gasteiger partial charge >= 0.3 is 0 Å². The van der Waals surface area contributed by atoms with Crippen molar-refractivity contribution in [1.82, 2.24) is 24.9 Å². The lowest BCUT2D eigenvalue weighted by atomic mass is 9.88. The van der Waals surface area contributed by atoms with Crippen LogP contribution < -0.4 is 0 Å². The summed E-state index contributed by atoms with van der Waals surface area (Å²) < 4.78 is 29.3. The zero-order chi connectivity index (χ0) is 41.7. The number of pyridine rings is 2. The largest absolute Gasteiger partial charge is 0.259 e. The van der Waals surface area contributed by atoms with E-state index in [0.717, 1.165) is 76.0 Å². The van der Waals surface area contributed by atoms with Gasteiger partial charge in [-0.2, -0.15) is 0 Å². The van der Waals surface area contributed by atoms with E-state index in [2.05, 4.69) is 31.9 Å². The highest BCUT2D eigenvalue weighted by atomic mass is 19.1. The van der Waals surface area contributed by atoms with Gasteiger partial charge in [0, 0.05) is 59.5 Å². The maximum atomic E-state index is 14.6. The van der Waals surface area contributed by atoms with Crippen LogP contribution in [-0.4, -0.2) is 36.3 Å². The van der Waals surface area contributed by atoms with Crippen LogP contribution in [0.15, 0.2) is 182 Å². The number of aliphatic imine (C=N–C) groups is 2. The molecule has 0 unspecified atom stereocenters. The second kappa shape index (κ2) is 19.8. The van der Waals surface area contributed by atoms with E-state index >= 15 is 0 Å². The van der Waals surface area contributed by atoms with E-state index in [-0.39, 0.29) is 11.4 Å². The molecule has 0 amide bonds. The third kappa shape index (κ3) is 10.00. The molecule has 9 heteroatoms. The summed E-state index contributed by atoms with van der Waals surface area (Å²) in [6.07, 6.45) is 22.8. The number of hydrogen-bond acceptors (Lipinski definition) is 7. The Hall–Kier alpha value is -7.39. The number of allylic oxidation sites excluding steroid dienone is 6. The van der Waals surface area contributed by atoms with E-state index in [1.165, 1.54) is 12.1 Å². The highest BCUT2D eigenvalue weighted by Crippen LogP contribution is 2.34. The Morgan fingerprint density at radius 2 is 1.33 bits per heavy atom. The average molecular weight is 792 g/mol. The Morgan fingerprint density at radius 3 is 2.08 bits per heavy atom. The first-order valence-corrected chi connectivity index (χ1v) is 19.7. The fourth-order valence-electron chi connectivity index (χ4n) is 6.88. The van der Waals surface area contributed by atoms with Gasteiger partial charge in [-0.3, -0.25) is 20.0 Å². The quantitative estimate of drug-likeness (QED) is 0.0719. The first-order chi connectivity index (χ1) is 29.4. The van der Waals surface area contributed by atoms with Crippen LogP contribution in [0.25, 0.3) is 39.7 Å². The normalized spacial score (nSPS) is 13.4. The van der Waals surface area contributed by atoms with Crippen molar-refractivity contribution in [2.45, 2.75) is 38.5 Å². The van der Waals surface area contributed by atoms with E-state index < -0.39 is 11.6 Å². The summed E-state index contributed by atoms with van der Waals surface area (Å²) in [6.45, 7) is 11.5. The lowest BCUT2D eigenvalue weighted by Crippen LogP contribution is -2.11. The van der Waals surface area contributed by atoms with E-state index in [1.807, 2.05) is 97.1 Å². The highest BCUT2D eigenvalue weighted by molar-refractivity contribution is 6.08. The Balaban J connectivity index is 1.27. The van der Waals surface area contributed by atoms with Crippen LogP contribution in [0.3, 0.4) is 0 Å². The molecule has 0 saturated carbocycles. The molecule has 7 rings (SSSR count). The highest BCUT2D eigenvalue weighted by Gasteiger charge is 2.21. The summed E-state index contributed by atoms with van der Waals surface area (Å²) in [5.74, 6) is -0.606. The Morgan fingerprint density at radius 1 is 0.667 bits per heavy atom. The predicted molar refractivity (Wildman–Crippen MR) is 239 cm³/mol. The summed E-state index contributed by atoms with van der Waals surface area (Å²) in [6, 6.07) is 27.1. The minimum absolute atomic E-state index is 0.142. The Bertz CT molecular complexity index is 2690. The van der Waals surface area contributed by atoms with Crippen LogP contribution >= 0.6 is 0 Å². The molecule has 1 aliphatic carbocycles. The molecule has 7 nitrogen and oxygen atoms in total. The van der Waals surface area contributed by atoms with Crippen molar-refractivity contribution in [2.24, 2.45) is 9.98 Å². The molecular formula is C51H43F2N7. The number of aromatic nitrogens is 5. The molecule has 0 spiro atoms. The minimum atomic E-state index is -0.729. The lowest BCUT2D eigenvalue weighted by Gasteiger charge is -2.19. The molecule has 0 N–H and O–H groups in total. The number of nitrogens with zero attached hydrogens (tertiary/aromatic N) is 7. The van der Waals surface area contributed by atoms with Gasteiger partial charge < -0.3 is 0 Å². The zero-order valence-corrected chi connectivity index (χ0v) is 33.2. The van der Waals surface area contributed by atoms with Crippen LogP contribution in [0.2, 0.25) is 0 Å². The van der Waals surface area contributed by atoms with Crippen molar-refractivity contribution >= 4 is 17.0 Å². The monoisotopic (exact) mass is 791 g/mol.